The van der Waals surface area contributed by atoms with Crippen molar-refractivity contribution >= 4 is 39.2 Å². The van der Waals surface area contributed by atoms with Crippen LogP contribution in [0.4, 0.5) is 18.9 Å². The Morgan fingerprint density at radius 3 is 2.33 bits per heavy atom. The van der Waals surface area contributed by atoms with E-state index in [0.717, 1.165) is 12.1 Å². The van der Waals surface area contributed by atoms with Crippen molar-refractivity contribution in [3.63, 3.8) is 0 Å². The second-order valence-electron chi connectivity index (χ2n) is 7.16. The Balaban J connectivity index is 1.69. The monoisotopic (exact) mass is 542 g/mol. The highest BCUT2D eigenvalue weighted by Gasteiger charge is 2.23. The second kappa shape index (κ2) is 11.4. The third kappa shape index (κ3) is 6.53. The van der Waals surface area contributed by atoms with E-state index in [-0.39, 0.29) is 22.8 Å². The van der Waals surface area contributed by atoms with Crippen molar-refractivity contribution < 1.29 is 40.7 Å². The van der Waals surface area contributed by atoms with Gasteiger partial charge in [0.15, 0.2) is 24.1 Å². The first-order valence-corrected chi connectivity index (χ1v) is 11.9. The fourth-order valence-corrected chi connectivity index (χ4v) is 4.23. The maximum Gasteiger partial charge on any atom is 0.338 e. The number of methoxy groups -OCH3 is 1. The summed E-state index contributed by atoms with van der Waals surface area (Å²) in [5, 5.41) is 2.43. The minimum absolute atomic E-state index is 0.0540. The summed E-state index contributed by atoms with van der Waals surface area (Å²) in [7, 11) is -2.91. The number of rotatable bonds is 9. The molecular weight excluding hydrogens is 525 g/mol. The zero-order valence-electron chi connectivity index (χ0n) is 18.5. The van der Waals surface area contributed by atoms with E-state index < -0.39 is 51.6 Å². The fraction of sp³-hybridized carbons (Fsp3) is 0.130. The maximum atomic E-state index is 13.7. The van der Waals surface area contributed by atoms with Crippen molar-refractivity contribution in [1.29, 1.82) is 0 Å². The number of hydrogen-bond acceptors (Lipinski definition) is 6. The Morgan fingerprint density at radius 2 is 1.67 bits per heavy atom. The Bertz CT molecular complexity index is 1400. The summed E-state index contributed by atoms with van der Waals surface area (Å²) in [5.41, 5.74) is -0.255. The number of amides is 1. The van der Waals surface area contributed by atoms with Crippen molar-refractivity contribution in [2.24, 2.45) is 0 Å². The first-order valence-electron chi connectivity index (χ1n) is 10.0. The van der Waals surface area contributed by atoms with Crippen molar-refractivity contribution in [2.75, 3.05) is 19.0 Å². The number of halogens is 4. The summed E-state index contributed by atoms with van der Waals surface area (Å²) in [4.78, 5) is 24.0. The molecular formula is C23H18ClF3N2O6S. The molecule has 0 saturated carbocycles. The number of sulfonamides is 1. The van der Waals surface area contributed by atoms with Gasteiger partial charge in [-0.05, 0) is 48.0 Å². The van der Waals surface area contributed by atoms with Crippen LogP contribution in [0.3, 0.4) is 0 Å². The number of benzene rings is 3. The van der Waals surface area contributed by atoms with Crippen molar-refractivity contribution in [2.45, 2.75) is 11.4 Å². The van der Waals surface area contributed by atoms with Gasteiger partial charge in [-0.25, -0.2) is 31.1 Å². The number of carbonyl (C=O) groups excluding carboxylic acids is 2. The molecule has 0 saturated heterocycles. The van der Waals surface area contributed by atoms with Crippen molar-refractivity contribution in [3.8, 4) is 5.75 Å². The van der Waals surface area contributed by atoms with Crippen molar-refractivity contribution in [3.05, 3.63) is 88.2 Å². The van der Waals surface area contributed by atoms with Crippen LogP contribution in [-0.2, 0) is 26.1 Å². The average Bonchev–Trinajstić information content (AvgIpc) is 2.87. The molecule has 190 valence electrons. The summed E-state index contributed by atoms with van der Waals surface area (Å²) in [6.07, 6.45) is 0. The molecule has 13 heteroatoms. The number of nitrogens with one attached hydrogen (secondary N) is 2. The standard InChI is InChI=1S/C23H18ClF3N2O6S/c1-34-18-9-4-14(10-19(18)36(32,33)28-11-13-2-5-15(24)6-3-13)23(31)35-12-20(30)29-17-8-7-16(25)21(26)22(17)27/h2-10,28H,11-12H2,1H3,(H,29,30). The van der Waals surface area contributed by atoms with Crippen LogP contribution in [-0.4, -0.2) is 34.0 Å². The summed E-state index contributed by atoms with van der Waals surface area (Å²) in [6.45, 7) is -0.988. The van der Waals surface area contributed by atoms with Gasteiger partial charge in [-0.15, -0.1) is 0 Å². The first-order chi connectivity index (χ1) is 17.0. The highest BCUT2D eigenvalue weighted by Crippen LogP contribution is 2.26. The number of carbonyl (C=O) groups is 2. The van der Waals surface area contributed by atoms with Crippen LogP contribution < -0.4 is 14.8 Å². The first kappa shape index (κ1) is 27.0. The molecule has 0 aliphatic rings. The molecule has 0 spiro atoms. The highest BCUT2D eigenvalue weighted by atomic mass is 35.5. The Morgan fingerprint density at radius 1 is 0.972 bits per heavy atom. The molecule has 0 fully saturated rings. The Labute approximate surface area is 209 Å². The number of esters is 1. The lowest BCUT2D eigenvalue weighted by molar-refractivity contribution is -0.119. The average molecular weight is 543 g/mol. The molecule has 0 aliphatic heterocycles. The number of ether oxygens (including phenoxy) is 2. The van der Waals surface area contributed by atoms with E-state index in [0.29, 0.717) is 16.7 Å². The highest BCUT2D eigenvalue weighted by molar-refractivity contribution is 7.89. The SMILES string of the molecule is COc1ccc(C(=O)OCC(=O)Nc2ccc(F)c(F)c2F)cc1S(=O)(=O)NCc1ccc(Cl)cc1. The molecule has 8 nitrogen and oxygen atoms in total. The minimum atomic E-state index is -4.15. The van der Waals surface area contributed by atoms with Crippen LogP contribution in [0.25, 0.3) is 0 Å². The van der Waals surface area contributed by atoms with Crippen LogP contribution in [0, 0.1) is 17.5 Å². The summed E-state index contributed by atoms with van der Waals surface area (Å²) in [6, 6.07) is 11.3. The van der Waals surface area contributed by atoms with E-state index in [2.05, 4.69) is 4.72 Å². The van der Waals surface area contributed by atoms with Crippen LogP contribution in [0.1, 0.15) is 15.9 Å². The molecule has 0 aliphatic carbocycles. The van der Waals surface area contributed by atoms with Crippen LogP contribution in [0.15, 0.2) is 59.5 Å². The molecule has 0 aromatic heterocycles. The topological polar surface area (TPSA) is 111 Å². The largest absolute Gasteiger partial charge is 0.495 e. The molecule has 0 bridgehead atoms. The molecule has 1 amide bonds. The zero-order chi connectivity index (χ0) is 26.5. The summed E-state index contributed by atoms with van der Waals surface area (Å²) in [5.74, 6) is -7.01. The van der Waals surface area contributed by atoms with Crippen molar-refractivity contribution in [1.82, 2.24) is 4.72 Å². The minimum Gasteiger partial charge on any atom is -0.495 e. The predicted molar refractivity (Wildman–Crippen MR) is 124 cm³/mol. The molecule has 0 atom stereocenters. The third-order valence-electron chi connectivity index (χ3n) is 4.71. The molecule has 0 unspecified atom stereocenters. The van der Waals surface area contributed by atoms with E-state index in [1.807, 2.05) is 5.32 Å². The summed E-state index contributed by atoms with van der Waals surface area (Å²) >= 11 is 5.82. The predicted octanol–water partition coefficient (Wildman–Crippen LogP) is 4.04. The van der Waals surface area contributed by atoms with Gasteiger partial charge in [0.1, 0.15) is 10.6 Å². The van der Waals surface area contributed by atoms with E-state index in [4.69, 9.17) is 21.1 Å². The van der Waals surface area contributed by atoms with Gasteiger partial charge in [-0.1, -0.05) is 23.7 Å². The molecule has 0 radical (unpaired) electrons. The Hall–Kier alpha value is -3.61. The summed E-state index contributed by atoms with van der Waals surface area (Å²) < 4.78 is 78.0. The molecule has 36 heavy (non-hydrogen) atoms. The molecule has 0 heterocycles. The van der Waals surface area contributed by atoms with Crippen LogP contribution >= 0.6 is 11.6 Å². The Kier molecular flexibility index (Phi) is 8.56. The third-order valence-corrected chi connectivity index (χ3v) is 6.39. The number of hydrogen-bond donors (Lipinski definition) is 2. The normalized spacial score (nSPS) is 11.1. The van der Waals surface area contributed by atoms with Gasteiger partial charge >= 0.3 is 5.97 Å². The van der Waals surface area contributed by atoms with Crippen LogP contribution in [0.2, 0.25) is 5.02 Å². The molecule has 2 N–H and O–H groups in total. The zero-order valence-corrected chi connectivity index (χ0v) is 20.1. The van der Waals surface area contributed by atoms with Gasteiger partial charge in [0.05, 0.1) is 18.4 Å². The number of anilines is 1. The maximum absolute atomic E-state index is 13.7. The lowest BCUT2D eigenvalue weighted by Gasteiger charge is -2.13. The molecule has 3 aromatic rings. The van der Waals surface area contributed by atoms with E-state index in [1.165, 1.54) is 19.2 Å². The van der Waals surface area contributed by atoms with E-state index in [9.17, 15) is 31.2 Å². The van der Waals surface area contributed by atoms with Gasteiger partial charge in [-0.2, -0.15) is 0 Å². The quantitative estimate of drug-likeness (QED) is 0.312. The van der Waals surface area contributed by atoms with E-state index in [1.54, 1.807) is 24.3 Å². The van der Waals surface area contributed by atoms with E-state index >= 15 is 0 Å². The van der Waals surface area contributed by atoms with Gasteiger partial charge in [0, 0.05) is 11.6 Å². The fourth-order valence-electron chi connectivity index (χ4n) is 2.90. The molecule has 3 aromatic carbocycles. The smallest absolute Gasteiger partial charge is 0.338 e. The van der Waals surface area contributed by atoms with Gasteiger partial charge in [0.25, 0.3) is 5.91 Å². The lowest BCUT2D eigenvalue weighted by atomic mass is 10.2. The van der Waals surface area contributed by atoms with Gasteiger partial charge < -0.3 is 14.8 Å². The van der Waals surface area contributed by atoms with Gasteiger partial charge in [0.2, 0.25) is 10.0 Å². The lowest BCUT2D eigenvalue weighted by Crippen LogP contribution is -2.24. The second-order valence-corrected chi connectivity index (χ2v) is 9.34. The van der Waals surface area contributed by atoms with Crippen LogP contribution in [0.5, 0.6) is 5.75 Å². The molecule has 3 rings (SSSR count). The van der Waals surface area contributed by atoms with Gasteiger partial charge in [-0.3, -0.25) is 4.79 Å².